The van der Waals surface area contributed by atoms with Crippen molar-refractivity contribution in [2.75, 3.05) is 52.6 Å². The first kappa shape index (κ1) is 23.3. The highest BCUT2D eigenvalue weighted by Gasteiger charge is 2.41. The molecular weight excluding hydrogens is 484 g/mol. The van der Waals surface area contributed by atoms with E-state index in [0.717, 1.165) is 0 Å². The number of rotatable bonds is 4. The Morgan fingerprint density at radius 2 is 0.941 bits per heavy atom. The van der Waals surface area contributed by atoms with Crippen LogP contribution in [0.25, 0.3) is 0 Å². The molecule has 2 heterocycles. The van der Waals surface area contributed by atoms with Crippen LogP contribution in [-0.4, -0.2) is 89.6 Å². The van der Waals surface area contributed by atoms with Gasteiger partial charge in [-0.15, -0.1) is 0 Å². The first-order valence-electron chi connectivity index (χ1n) is 10.8. The molecule has 0 aromatic heterocycles. The van der Waals surface area contributed by atoms with Gasteiger partial charge in [0, 0.05) is 37.3 Å². The highest BCUT2D eigenvalue weighted by atomic mass is 32.2. The molecule has 2 aromatic rings. The van der Waals surface area contributed by atoms with Crippen LogP contribution < -0.4 is 0 Å². The van der Waals surface area contributed by atoms with E-state index in [1.54, 1.807) is 0 Å². The van der Waals surface area contributed by atoms with E-state index in [0.29, 0.717) is 0 Å². The third-order valence-electron chi connectivity index (χ3n) is 6.17. The fourth-order valence-corrected chi connectivity index (χ4v) is 7.70. The van der Waals surface area contributed by atoms with Gasteiger partial charge in [-0.2, -0.15) is 8.61 Å². The molecule has 12 heteroatoms. The van der Waals surface area contributed by atoms with E-state index in [2.05, 4.69) is 0 Å². The van der Waals surface area contributed by atoms with Crippen LogP contribution in [0.1, 0.15) is 31.8 Å². The van der Waals surface area contributed by atoms with Gasteiger partial charge in [-0.25, -0.2) is 16.8 Å². The van der Waals surface area contributed by atoms with Crippen LogP contribution in [0.2, 0.25) is 0 Å². The largest absolute Gasteiger partial charge is 0.379 e. The molecule has 2 aromatic carbocycles. The van der Waals surface area contributed by atoms with Crippen molar-refractivity contribution in [2.24, 2.45) is 0 Å². The second-order valence-corrected chi connectivity index (χ2v) is 11.9. The predicted octanol–water partition coefficient (Wildman–Crippen LogP) is 0.504. The Hall–Kier alpha value is -2.48. The number of ketones is 2. The number of hydrogen-bond acceptors (Lipinski definition) is 8. The second-order valence-electron chi connectivity index (χ2n) is 8.05. The van der Waals surface area contributed by atoms with Crippen LogP contribution in [0.15, 0.2) is 46.2 Å². The molecule has 0 atom stereocenters. The lowest BCUT2D eigenvalue weighted by molar-refractivity contribution is 0.0729. The summed E-state index contributed by atoms with van der Waals surface area (Å²) in [5.74, 6) is -1.40. The summed E-state index contributed by atoms with van der Waals surface area (Å²) in [6, 6.07) is 8.09. The average molecular weight is 507 g/mol. The van der Waals surface area contributed by atoms with Gasteiger partial charge in [0.15, 0.2) is 11.6 Å². The van der Waals surface area contributed by atoms with Gasteiger partial charge in [-0.05, 0) is 12.1 Å². The van der Waals surface area contributed by atoms with Gasteiger partial charge in [0.1, 0.15) is 0 Å². The summed E-state index contributed by atoms with van der Waals surface area (Å²) in [5, 5.41) is 0. The molecule has 10 nitrogen and oxygen atoms in total. The molecule has 1 aliphatic carbocycles. The van der Waals surface area contributed by atoms with Gasteiger partial charge in [0.05, 0.1) is 47.3 Å². The van der Waals surface area contributed by atoms with Gasteiger partial charge in [0.25, 0.3) is 0 Å². The minimum Gasteiger partial charge on any atom is -0.379 e. The third-order valence-corrected chi connectivity index (χ3v) is 10.1. The van der Waals surface area contributed by atoms with Gasteiger partial charge < -0.3 is 9.47 Å². The normalized spacial score (nSPS) is 20.1. The fourth-order valence-electron chi connectivity index (χ4n) is 4.46. The van der Waals surface area contributed by atoms with Crippen molar-refractivity contribution in [3.63, 3.8) is 0 Å². The minimum atomic E-state index is -4.08. The average Bonchev–Trinajstić information content (AvgIpc) is 2.87. The van der Waals surface area contributed by atoms with Crippen molar-refractivity contribution in [3.8, 4) is 0 Å². The molecule has 0 bridgehead atoms. The molecule has 0 unspecified atom stereocenters. The van der Waals surface area contributed by atoms with Crippen LogP contribution in [0.5, 0.6) is 0 Å². The van der Waals surface area contributed by atoms with E-state index < -0.39 is 31.6 Å². The lowest BCUT2D eigenvalue weighted by Gasteiger charge is -2.29. The van der Waals surface area contributed by atoms with E-state index in [1.807, 2.05) is 0 Å². The van der Waals surface area contributed by atoms with Crippen molar-refractivity contribution in [1.29, 1.82) is 0 Å². The summed E-state index contributed by atoms with van der Waals surface area (Å²) in [6.45, 7) is 1.44. The molecule has 0 amide bonds. The van der Waals surface area contributed by atoms with E-state index in [4.69, 9.17) is 9.47 Å². The lowest BCUT2D eigenvalue weighted by atomic mass is 9.84. The maximum atomic E-state index is 13.6. The number of benzene rings is 2. The number of carbonyl (C=O) groups is 2. The summed E-state index contributed by atoms with van der Waals surface area (Å²) in [4.78, 5) is 26.6. The van der Waals surface area contributed by atoms with Crippen molar-refractivity contribution >= 4 is 31.6 Å². The fraction of sp³-hybridized carbons (Fsp3) is 0.364. The Labute approximate surface area is 197 Å². The minimum absolute atomic E-state index is 0.128. The molecule has 180 valence electrons. The van der Waals surface area contributed by atoms with Crippen LogP contribution in [-0.2, 0) is 29.5 Å². The lowest BCUT2D eigenvalue weighted by Crippen LogP contribution is -2.42. The maximum Gasteiger partial charge on any atom is 0.243 e. The van der Waals surface area contributed by atoms with Gasteiger partial charge >= 0.3 is 0 Å². The standard InChI is InChI=1S/C22H22N2O8S2/c25-21-15-3-1-5-17(33(27,28)23-7-11-31-12-8-23)19(15)22(26)16-4-2-6-18(20(16)21)34(29,30)24-9-13-32-14-10-24/h1-6H,7-14H2. The number of morpholine rings is 2. The van der Waals surface area contributed by atoms with Gasteiger partial charge in [-0.1, -0.05) is 24.3 Å². The summed E-state index contributed by atoms with van der Waals surface area (Å²) in [6.07, 6.45) is 0. The van der Waals surface area contributed by atoms with Gasteiger partial charge in [0.2, 0.25) is 20.0 Å². The zero-order chi connectivity index (χ0) is 24.1. The molecular formula is C22H22N2O8S2. The number of ether oxygens (including phenoxy) is 2. The van der Waals surface area contributed by atoms with Crippen LogP contribution in [0, 0.1) is 0 Å². The van der Waals surface area contributed by atoms with Crippen molar-refractivity contribution in [2.45, 2.75) is 9.79 Å². The Kier molecular flexibility index (Phi) is 5.91. The van der Waals surface area contributed by atoms with Crippen LogP contribution in [0.4, 0.5) is 0 Å². The van der Waals surface area contributed by atoms with Crippen molar-refractivity contribution < 1.29 is 35.9 Å². The van der Waals surface area contributed by atoms with Gasteiger partial charge in [-0.3, -0.25) is 9.59 Å². The predicted molar refractivity (Wildman–Crippen MR) is 119 cm³/mol. The first-order chi connectivity index (χ1) is 16.2. The molecule has 0 spiro atoms. The SMILES string of the molecule is O=C1c2cccc(S(=O)(=O)N3CCOCC3)c2C(=O)c2cccc(S(=O)(=O)N3CCOCC3)c21. The topological polar surface area (TPSA) is 127 Å². The summed E-state index contributed by atoms with van der Waals surface area (Å²) >= 11 is 0. The number of sulfonamides is 2. The zero-order valence-corrected chi connectivity index (χ0v) is 19.7. The Morgan fingerprint density at radius 1 is 0.588 bits per heavy atom. The molecule has 34 heavy (non-hydrogen) atoms. The second kappa shape index (κ2) is 8.63. The number of nitrogens with zero attached hydrogens (tertiary/aromatic N) is 2. The van der Waals surface area contributed by atoms with E-state index in [9.17, 15) is 26.4 Å². The number of fused-ring (bicyclic) bond motifs is 2. The van der Waals surface area contributed by atoms with Crippen LogP contribution >= 0.6 is 0 Å². The molecule has 5 rings (SSSR count). The van der Waals surface area contributed by atoms with E-state index >= 15 is 0 Å². The zero-order valence-electron chi connectivity index (χ0n) is 18.1. The molecule has 0 saturated carbocycles. The smallest absolute Gasteiger partial charge is 0.243 e. The highest BCUT2D eigenvalue weighted by molar-refractivity contribution is 7.89. The molecule has 3 aliphatic rings. The Bertz CT molecular complexity index is 1280. The van der Waals surface area contributed by atoms with E-state index in [1.165, 1.54) is 45.0 Å². The number of hydrogen-bond donors (Lipinski definition) is 0. The summed E-state index contributed by atoms with van der Waals surface area (Å²) < 4.78 is 66.3. The summed E-state index contributed by atoms with van der Waals surface area (Å²) in [5.41, 5.74) is -0.715. The molecule has 2 aliphatic heterocycles. The number of carbonyl (C=O) groups excluding carboxylic acids is 2. The maximum absolute atomic E-state index is 13.6. The Balaban J connectivity index is 1.65. The van der Waals surface area contributed by atoms with Crippen LogP contribution in [0.3, 0.4) is 0 Å². The monoisotopic (exact) mass is 506 g/mol. The van der Waals surface area contributed by atoms with Crippen molar-refractivity contribution in [1.82, 2.24) is 8.61 Å². The Morgan fingerprint density at radius 3 is 1.29 bits per heavy atom. The molecule has 0 radical (unpaired) electrons. The van der Waals surface area contributed by atoms with Crippen molar-refractivity contribution in [3.05, 3.63) is 58.7 Å². The highest BCUT2D eigenvalue weighted by Crippen LogP contribution is 2.36. The quantitative estimate of drug-likeness (QED) is 0.501. The van der Waals surface area contributed by atoms with E-state index in [-0.39, 0.29) is 84.7 Å². The first-order valence-corrected chi connectivity index (χ1v) is 13.6. The summed E-state index contributed by atoms with van der Waals surface area (Å²) in [7, 11) is -8.16. The molecule has 0 N–H and O–H groups in total. The molecule has 2 saturated heterocycles. The molecule has 2 fully saturated rings. The third kappa shape index (κ3) is 3.61.